The molecule has 1 fully saturated rings. The van der Waals surface area contributed by atoms with Gasteiger partial charge >= 0.3 is 0 Å². The standard InChI is InChI=1S/C25H24ClFN6O2/c26-19-11-16(5-6-20(19)27)23-22(24(29)34)21-13-32(7-8-33(21)31-23)25(35)30-18-9-17(10-18)15-3-1-14(12-28)2-4-15/h1-6,11,17-18,25,30,35H,7-10,13H2,(H2,29,34). The fourth-order valence-electron chi connectivity index (χ4n) is 4.82. The van der Waals surface area contributed by atoms with Crippen LogP contribution >= 0.6 is 11.6 Å². The molecule has 4 N–H and O–H groups in total. The minimum atomic E-state index is -0.894. The molecule has 5 rings (SSSR count). The predicted molar refractivity (Wildman–Crippen MR) is 128 cm³/mol. The van der Waals surface area contributed by atoms with Gasteiger partial charge in [0, 0.05) is 24.7 Å². The van der Waals surface area contributed by atoms with Crippen molar-refractivity contribution in [3.8, 4) is 17.3 Å². The van der Waals surface area contributed by atoms with Crippen molar-refractivity contribution in [2.45, 2.75) is 44.2 Å². The van der Waals surface area contributed by atoms with E-state index in [0.29, 0.717) is 41.5 Å². The van der Waals surface area contributed by atoms with Gasteiger partial charge in [0.2, 0.25) is 0 Å². The number of nitrogens with one attached hydrogen (secondary N) is 1. The van der Waals surface area contributed by atoms with Crippen molar-refractivity contribution in [2.24, 2.45) is 5.73 Å². The zero-order chi connectivity index (χ0) is 24.7. The molecular formula is C25H24ClFN6O2. The number of halogens is 2. The normalized spacial score (nSPS) is 20.5. The van der Waals surface area contributed by atoms with Crippen molar-refractivity contribution in [3.63, 3.8) is 0 Å². The second kappa shape index (κ2) is 9.40. The number of rotatable bonds is 6. The number of fused-ring (bicyclic) bond motifs is 1. The summed E-state index contributed by atoms with van der Waals surface area (Å²) in [6.45, 7) is 1.26. The molecule has 1 aliphatic heterocycles. The largest absolute Gasteiger partial charge is 0.365 e. The van der Waals surface area contributed by atoms with Crippen LogP contribution in [0.25, 0.3) is 11.3 Å². The second-order valence-electron chi connectivity index (χ2n) is 9.00. The molecule has 1 unspecified atom stereocenters. The summed E-state index contributed by atoms with van der Waals surface area (Å²) in [7, 11) is 0. The van der Waals surface area contributed by atoms with Gasteiger partial charge in [-0.1, -0.05) is 23.7 Å². The topological polar surface area (TPSA) is 120 Å². The van der Waals surface area contributed by atoms with E-state index in [2.05, 4.69) is 16.5 Å². The van der Waals surface area contributed by atoms with E-state index in [1.54, 1.807) is 4.68 Å². The Kier molecular flexibility index (Phi) is 6.30. The van der Waals surface area contributed by atoms with E-state index >= 15 is 0 Å². The summed E-state index contributed by atoms with van der Waals surface area (Å²) in [5.41, 5.74) is 9.23. The SMILES string of the molecule is N#Cc1ccc(C2CC(NC(O)N3CCn4nc(-c5ccc(F)c(Cl)c5)c(C(N)=O)c4C3)C2)cc1. The van der Waals surface area contributed by atoms with Crippen LogP contribution in [0.5, 0.6) is 0 Å². The lowest BCUT2D eigenvalue weighted by atomic mass is 9.76. The molecule has 0 saturated heterocycles. The van der Waals surface area contributed by atoms with Crippen molar-refractivity contribution in [1.82, 2.24) is 20.0 Å². The maximum atomic E-state index is 13.6. The molecule has 1 atom stereocenters. The van der Waals surface area contributed by atoms with E-state index in [0.717, 1.165) is 12.8 Å². The van der Waals surface area contributed by atoms with Gasteiger partial charge in [-0.25, -0.2) is 4.39 Å². The number of carbonyl (C=O) groups excluding carboxylic acids is 1. The molecule has 2 aromatic carbocycles. The van der Waals surface area contributed by atoms with E-state index < -0.39 is 18.1 Å². The highest BCUT2D eigenvalue weighted by atomic mass is 35.5. The first-order valence-electron chi connectivity index (χ1n) is 11.4. The molecule has 1 saturated carbocycles. The summed E-state index contributed by atoms with van der Waals surface area (Å²) >= 11 is 5.93. The van der Waals surface area contributed by atoms with E-state index in [-0.39, 0.29) is 23.2 Å². The maximum Gasteiger partial charge on any atom is 0.252 e. The minimum Gasteiger partial charge on any atom is -0.365 e. The van der Waals surface area contributed by atoms with Crippen molar-refractivity contribution >= 4 is 17.5 Å². The van der Waals surface area contributed by atoms with Crippen LogP contribution in [-0.4, -0.2) is 44.6 Å². The third-order valence-corrected chi connectivity index (χ3v) is 7.12. The monoisotopic (exact) mass is 494 g/mol. The Balaban J connectivity index is 1.26. The number of benzene rings is 2. The van der Waals surface area contributed by atoms with Gasteiger partial charge in [-0.05, 0) is 54.7 Å². The smallest absolute Gasteiger partial charge is 0.252 e. The van der Waals surface area contributed by atoms with Crippen molar-refractivity contribution in [1.29, 1.82) is 5.26 Å². The molecule has 0 spiro atoms. The number of primary amides is 1. The summed E-state index contributed by atoms with van der Waals surface area (Å²) < 4.78 is 15.3. The summed E-state index contributed by atoms with van der Waals surface area (Å²) in [6, 6.07) is 14.1. The molecular weight excluding hydrogens is 471 g/mol. The van der Waals surface area contributed by atoms with Gasteiger partial charge in [0.05, 0.1) is 34.5 Å². The number of aliphatic hydroxyl groups is 1. The van der Waals surface area contributed by atoms with Crippen LogP contribution in [-0.2, 0) is 13.1 Å². The third kappa shape index (κ3) is 4.54. The summed E-state index contributed by atoms with van der Waals surface area (Å²) in [5, 5.41) is 27.5. The predicted octanol–water partition coefficient (Wildman–Crippen LogP) is 2.94. The van der Waals surface area contributed by atoms with Crippen LogP contribution in [0.1, 0.15) is 45.9 Å². The number of hydrogen-bond donors (Lipinski definition) is 3. The number of hydrogen-bond acceptors (Lipinski definition) is 6. The number of nitrogens with two attached hydrogens (primary N) is 1. The van der Waals surface area contributed by atoms with Crippen LogP contribution in [0.2, 0.25) is 5.02 Å². The van der Waals surface area contributed by atoms with Crippen molar-refractivity contribution in [2.75, 3.05) is 6.54 Å². The summed E-state index contributed by atoms with van der Waals surface area (Å²) in [5.74, 6) is -0.810. The first-order valence-corrected chi connectivity index (χ1v) is 11.7. The van der Waals surface area contributed by atoms with E-state index in [1.807, 2.05) is 29.2 Å². The average Bonchev–Trinajstić information content (AvgIpc) is 3.22. The molecule has 2 aliphatic rings. The van der Waals surface area contributed by atoms with Gasteiger partial charge in [0.25, 0.3) is 5.91 Å². The molecule has 1 aromatic heterocycles. The molecule has 35 heavy (non-hydrogen) atoms. The van der Waals surface area contributed by atoms with Crippen LogP contribution < -0.4 is 11.1 Å². The van der Waals surface area contributed by atoms with E-state index in [1.165, 1.54) is 23.8 Å². The van der Waals surface area contributed by atoms with Gasteiger partial charge in [-0.2, -0.15) is 10.4 Å². The summed E-state index contributed by atoms with van der Waals surface area (Å²) in [4.78, 5) is 14.2. The fraction of sp³-hybridized carbons (Fsp3) is 0.320. The van der Waals surface area contributed by atoms with Crippen LogP contribution in [0, 0.1) is 17.1 Å². The zero-order valence-electron chi connectivity index (χ0n) is 18.8. The Bertz CT molecular complexity index is 1310. The number of carbonyl (C=O) groups is 1. The lowest BCUT2D eigenvalue weighted by molar-refractivity contribution is -0.0535. The van der Waals surface area contributed by atoms with Gasteiger partial charge in [-0.15, -0.1) is 0 Å². The van der Waals surface area contributed by atoms with Gasteiger partial charge in [-0.3, -0.25) is 19.7 Å². The van der Waals surface area contributed by atoms with Crippen molar-refractivity contribution in [3.05, 3.63) is 75.7 Å². The third-order valence-electron chi connectivity index (χ3n) is 6.83. The highest BCUT2D eigenvalue weighted by molar-refractivity contribution is 6.31. The Morgan fingerprint density at radius 1 is 1.26 bits per heavy atom. The molecule has 0 bridgehead atoms. The summed E-state index contributed by atoms with van der Waals surface area (Å²) in [6.07, 6.45) is 0.878. The van der Waals surface area contributed by atoms with Crippen LogP contribution in [0.4, 0.5) is 4.39 Å². The average molecular weight is 495 g/mol. The first kappa shape index (κ1) is 23.5. The van der Waals surface area contributed by atoms with Gasteiger partial charge in [0.1, 0.15) is 11.5 Å². The Morgan fingerprint density at radius 2 is 2.00 bits per heavy atom. The number of nitriles is 1. The lowest BCUT2D eigenvalue weighted by Crippen LogP contribution is -2.54. The Labute approximate surface area is 206 Å². The molecule has 10 heteroatoms. The van der Waals surface area contributed by atoms with Crippen molar-refractivity contribution < 1.29 is 14.3 Å². The van der Waals surface area contributed by atoms with Gasteiger partial charge in [0.15, 0.2) is 6.35 Å². The lowest BCUT2D eigenvalue weighted by Gasteiger charge is -2.41. The second-order valence-corrected chi connectivity index (χ2v) is 9.40. The first-order chi connectivity index (χ1) is 16.8. The number of aromatic nitrogens is 2. The van der Waals surface area contributed by atoms with Crippen LogP contribution in [0.3, 0.4) is 0 Å². The van der Waals surface area contributed by atoms with Gasteiger partial charge < -0.3 is 10.8 Å². The molecule has 2 heterocycles. The maximum absolute atomic E-state index is 13.6. The molecule has 3 aromatic rings. The quantitative estimate of drug-likeness (QED) is 0.453. The van der Waals surface area contributed by atoms with E-state index in [9.17, 15) is 14.3 Å². The Hall–Kier alpha value is -3.29. The molecule has 0 radical (unpaired) electrons. The highest BCUT2D eigenvalue weighted by Gasteiger charge is 2.35. The minimum absolute atomic E-state index is 0.0649. The molecule has 8 nitrogen and oxygen atoms in total. The number of nitrogens with zero attached hydrogens (tertiary/aromatic N) is 4. The highest BCUT2D eigenvalue weighted by Crippen LogP contribution is 2.37. The zero-order valence-corrected chi connectivity index (χ0v) is 19.5. The molecule has 1 aliphatic carbocycles. The number of aliphatic hydroxyl groups excluding tert-OH is 1. The fourth-order valence-corrected chi connectivity index (χ4v) is 5.00. The Morgan fingerprint density at radius 3 is 2.66 bits per heavy atom. The molecule has 180 valence electrons. The van der Waals surface area contributed by atoms with Crippen LogP contribution in [0.15, 0.2) is 42.5 Å². The number of amides is 1. The molecule has 1 amide bonds. The van der Waals surface area contributed by atoms with E-state index in [4.69, 9.17) is 22.6 Å².